The fraction of sp³-hybridized carbons (Fsp3) is 0.469. The highest BCUT2D eigenvalue weighted by Gasteiger charge is 2.47. The Labute approximate surface area is 269 Å². The highest BCUT2D eigenvalue weighted by molar-refractivity contribution is 7.11. The quantitative estimate of drug-likeness (QED) is 0.315. The average molecular weight is 666 g/mol. The van der Waals surface area contributed by atoms with E-state index < -0.39 is 35.8 Å². The van der Waals surface area contributed by atoms with Crippen molar-refractivity contribution in [1.29, 1.82) is 0 Å². The molecule has 46 heavy (non-hydrogen) atoms. The number of rotatable bonds is 9. The number of likely N-dealkylation sites (tertiary alicyclic amines) is 2. The summed E-state index contributed by atoms with van der Waals surface area (Å²) >= 11 is 0. The average Bonchev–Trinajstić information content (AvgIpc) is 3.76. The number of carbonyl (C=O) groups excluding carboxylic acids is 5. The maximum Gasteiger partial charge on any atom is 0.278 e. The number of nitrogens with one attached hydrogen (secondary N) is 2. The summed E-state index contributed by atoms with van der Waals surface area (Å²) in [5.41, 5.74) is 4.28. The Morgan fingerprint density at radius 1 is 1.02 bits per heavy atom. The molecule has 3 fully saturated rings. The summed E-state index contributed by atoms with van der Waals surface area (Å²) in [6.45, 7) is 2.05. The minimum Gasteiger partial charge on any atom is -0.379 e. The zero-order valence-electron chi connectivity index (χ0n) is 25.5. The van der Waals surface area contributed by atoms with Gasteiger partial charge in [-0.2, -0.15) is 0 Å². The zero-order chi connectivity index (χ0) is 32.4. The molecular formula is C32H37F2N5O5Si2. The summed E-state index contributed by atoms with van der Waals surface area (Å²) in [7, 11) is -3.86. The highest BCUT2D eigenvalue weighted by atomic mass is 28.3. The van der Waals surface area contributed by atoms with E-state index in [4.69, 9.17) is 0 Å². The van der Waals surface area contributed by atoms with Gasteiger partial charge in [0.2, 0.25) is 17.8 Å². The van der Waals surface area contributed by atoms with Crippen molar-refractivity contribution in [2.45, 2.75) is 63.0 Å². The van der Waals surface area contributed by atoms with Crippen LogP contribution in [-0.4, -0.2) is 93.8 Å². The van der Waals surface area contributed by atoms with E-state index in [1.165, 1.54) is 5.56 Å². The van der Waals surface area contributed by atoms with Crippen LogP contribution in [0.3, 0.4) is 0 Å². The van der Waals surface area contributed by atoms with Crippen LogP contribution in [0, 0.1) is 5.92 Å². The molecule has 2 aromatic rings. The number of piperidine rings is 1. The van der Waals surface area contributed by atoms with Gasteiger partial charge in [0.25, 0.3) is 20.8 Å². The lowest BCUT2D eigenvalue weighted by Gasteiger charge is -2.29. The molecule has 2 aromatic carbocycles. The van der Waals surface area contributed by atoms with Crippen molar-refractivity contribution in [3.8, 4) is 0 Å². The van der Waals surface area contributed by atoms with Crippen LogP contribution in [0.1, 0.15) is 51.9 Å². The molecule has 6 rings (SSSR count). The molecule has 0 unspecified atom stereocenters. The molecule has 10 nitrogen and oxygen atoms in total. The van der Waals surface area contributed by atoms with Crippen molar-refractivity contribution in [2.24, 2.45) is 5.92 Å². The van der Waals surface area contributed by atoms with Crippen LogP contribution in [-0.2, 0) is 35.6 Å². The minimum atomic E-state index is -2.89. The van der Waals surface area contributed by atoms with Crippen molar-refractivity contribution in [3.63, 3.8) is 0 Å². The first-order chi connectivity index (χ1) is 22.1. The largest absolute Gasteiger partial charge is 0.379 e. The molecule has 4 aliphatic rings. The summed E-state index contributed by atoms with van der Waals surface area (Å²) in [6, 6.07) is 13.5. The highest BCUT2D eigenvalue weighted by Crippen LogP contribution is 2.30. The van der Waals surface area contributed by atoms with E-state index in [1.807, 2.05) is 47.4 Å². The molecule has 0 saturated carbocycles. The number of halogens is 2. The molecule has 3 saturated heterocycles. The van der Waals surface area contributed by atoms with Crippen molar-refractivity contribution in [2.75, 3.05) is 26.2 Å². The van der Waals surface area contributed by atoms with Gasteiger partial charge in [-0.1, -0.05) is 30.3 Å². The normalized spacial score (nSPS) is 20.1. The topological polar surface area (TPSA) is 119 Å². The van der Waals surface area contributed by atoms with Crippen LogP contribution in [0.5, 0.6) is 0 Å². The van der Waals surface area contributed by atoms with Crippen LogP contribution < -0.4 is 10.3 Å². The lowest BCUT2D eigenvalue weighted by Crippen LogP contribution is -2.46. The Morgan fingerprint density at radius 3 is 2.48 bits per heavy atom. The summed E-state index contributed by atoms with van der Waals surface area (Å²) in [4.78, 5) is 70.0. The van der Waals surface area contributed by atoms with Crippen LogP contribution in [0.25, 0.3) is 0 Å². The Hall–Kier alpha value is -3.92. The van der Waals surface area contributed by atoms with Crippen molar-refractivity contribution < 1.29 is 32.8 Å². The minimum absolute atomic E-state index is 0.0114. The first-order valence-electron chi connectivity index (χ1n) is 15.7. The molecular weight excluding hydrogens is 629 g/mol. The summed E-state index contributed by atoms with van der Waals surface area (Å²) in [5.74, 6) is -2.70. The molecule has 2 radical (unpaired) electrons. The second kappa shape index (κ2) is 13.4. The van der Waals surface area contributed by atoms with Gasteiger partial charge in [-0.25, -0.2) is 8.78 Å². The fourth-order valence-corrected chi connectivity index (χ4v) is 13.4. The van der Waals surface area contributed by atoms with E-state index in [9.17, 15) is 32.8 Å². The second-order valence-electron chi connectivity index (χ2n) is 12.7. The predicted molar refractivity (Wildman–Crippen MR) is 169 cm³/mol. The lowest BCUT2D eigenvalue weighted by atomic mass is 9.90. The number of carbonyl (C=O) groups is 5. The Morgan fingerprint density at radius 2 is 1.78 bits per heavy atom. The number of hydrogen-bond acceptors (Lipinski definition) is 5. The van der Waals surface area contributed by atoms with Crippen LogP contribution >= 0.6 is 0 Å². The van der Waals surface area contributed by atoms with E-state index in [-0.39, 0.29) is 36.4 Å². The molecule has 4 aliphatic heterocycles. The van der Waals surface area contributed by atoms with E-state index >= 15 is 0 Å². The SMILES string of the molecule is O=CN1CCC(Cc2ccc(C(=O)NCc3cccc4c3CN(C(=O)C[Si]3C[Si](C(=O)N5CCC(F)(F)C5)NC3=O)C4)cc2)CC1. The monoisotopic (exact) mass is 665 g/mol. The number of hydrogen-bond donors (Lipinski definition) is 2. The summed E-state index contributed by atoms with van der Waals surface area (Å²) in [6.07, 6.45) is 3.44. The zero-order valence-corrected chi connectivity index (χ0v) is 27.5. The molecule has 0 atom stereocenters. The molecule has 0 spiro atoms. The van der Waals surface area contributed by atoms with Crippen LogP contribution in [0.4, 0.5) is 18.4 Å². The third-order valence-corrected chi connectivity index (χ3v) is 15.7. The van der Waals surface area contributed by atoms with Gasteiger partial charge in [0.05, 0.1) is 6.54 Å². The fourth-order valence-electron chi connectivity index (χ4n) is 6.73. The van der Waals surface area contributed by atoms with Gasteiger partial charge < -0.3 is 25.0 Å². The molecule has 4 heterocycles. The van der Waals surface area contributed by atoms with E-state index in [2.05, 4.69) is 10.3 Å². The molecule has 2 N–H and O–H groups in total. The van der Waals surface area contributed by atoms with Gasteiger partial charge >= 0.3 is 0 Å². The Bertz CT molecular complexity index is 1520. The van der Waals surface area contributed by atoms with E-state index in [0.717, 1.165) is 60.4 Å². The third-order valence-electron chi connectivity index (χ3n) is 9.47. The van der Waals surface area contributed by atoms with Gasteiger partial charge in [0.15, 0.2) is 14.3 Å². The molecule has 242 valence electrons. The van der Waals surface area contributed by atoms with E-state index in [0.29, 0.717) is 36.8 Å². The van der Waals surface area contributed by atoms with Crippen LogP contribution in [0.2, 0.25) is 11.7 Å². The van der Waals surface area contributed by atoms with Gasteiger partial charge in [0, 0.05) is 57.3 Å². The molecule has 0 aliphatic carbocycles. The summed E-state index contributed by atoms with van der Waals surface area (Å²) < 4.78 is 27.2. The number of nitrogens with zero attached hydrogens (tertiary/aromatic N) is 3. The lowest BCUT2D eigenvalue weighted by molar-refractivity contribution is -0.129. The predicted octanol–water partition coefficient (Wildman–Crippen LogP) is 3.24. The molecule has 0 bridgehead atoms. The number of fused-ring (bicyclic) bond motifs is 1. The first-order valence-corrected chi connectivity index (χ1v) is 19.3. The van der Waals surface area contributed by atoms with Crippen molar-refractivity contribution in [3.05, 3.63) is 70.3 Å². The molecule has 0 aromatic heterocycles. The van der Waals surface area contributed by atoms with Crippen molar-refractivity contribution in [1.82, 2.24) is 25.0 Å². The smallest absolute Gasteiger partial charge is 0.278 e. The Kier molecular flexibility index (Phi) is 9.36. The van der Waals surface area contributed by atoms with Gasteiger partial charge in [-0.05, 0) is 65.2 Å². The van der Waals surface area contributed by atoms with Gasteiger partial charge in [-0.15, -0.1) is 0 Å². The van der Waals surface area contributed by atoms with E-state index in [1.54, 1.807) is 4.90 Å². The molecule has 5 amide bonds. The maximum absolute atomic E-state index is 13.6. The van der Waals surface area contributed by atoms with Gasteiger partial charge in [-0.3, -0.25) is 24.0 Å². The third kappa shape index (κ3) is 7.22. The van der Waals surface area contributed by atoms with Crippen molar-refractivity contribution >= 4 is 47.0 Å². The Balaban J connectivity index is 0.987. The number of alkyl halides is 2. The van der Waals surface area contributed by atoms with Gasteiger partial charge in [0.1, 0.15) is 0 Å². The molecule has 14 heteroatoms. The number of amides is 5. The second-order valence-corrected chi connectivity index (χ2v) is 17.8. The summed E-state index contributed by atoms with van der Waals surface area (Å²) in [5, 5.41) is 3.00. The maximum atomic E-state index is 13.6. The number of benzene rings is 2. The van der Waals surface area contributed by atoms with Crippen LogP contribution in [0.15, 0.2) is 42.5 Å². The first kappa shape index (κ1) is 32.0. The standard InChI is InChI=1S/C32H37F2N5O5Si2/c33-32(34)10-13-38(19-32)31(44)46-21-45(30(43)36-46)18-28(41)39-16-26-3-1-2-25(27(26)17-39)15-35-29(42)24-6-4-22(5-7-24)14-23-8-11-37(20-40)12-9-23/h1-7,20,23H,8-19,21H2,(H,35,42)(H,36,43).